The van der Waals surface area contributed by atoms with Crippen molar-refractivity contribution in [2.24, 2.45) is 0 Å². The number of fused-ring (bicyclic) bond motifs is 3. The van der Waals surface area contributed by atoms with Gasteiger partial charge in [-0.25, -0.2) is 0 Å². The van der Waals surface area contributed by atoms with E-state index < -0.39 is 0 Å². The molecule has 0 saturated carbocycles. The Balaban J connectivity index is 1.73. The van der Waals surface area contributed by atoms with Crippen LogP contribution < -0.4 is 20.1 Å². The van der Waals surface area contributed by atoms with Crippen LogP contribution in [-0.2, 0) is 12.8 Å². The monoisotopic (exact) mass is 344 g/mol. The maximum atomic E-state index is 12.7. The molecule has 24 heavy (non-hydrogen) atoms. The summed E-state index contributed by atoms with van der Waals surface area (Å²) in [6.45, 7) is 0. The van der Waals surface area contributed by atoms with Crippen LogP contribution in [0.2, 0.25) is 0 Å². The van der Waals surface area contributed by atoms with Gasteiger partial charge < -0.3 is 20.1 Å². The molecule has 1 aliphatic heterocycles. The van der Waals surface area contributed by atoms with Crippen molar-refractivity contribution in [3.8, 4) is 11.5 Å². The second-order valence-corrected chi connectivity index (χ2v) is 7.18. The van der Waals surface area contributed by atoms with Gasteiger partial charge in [-0.2, -0.15) is 0 Å². The predicted octanol–water partition coefficient (Wildman–Crippen LogP) is 3.50. The summed E-state index contributed by atoms with van der Waals surface area (Å²) in [6.07, 6.45) is 4.13. The quantitative estimate of drug-likeness (QED) is 0.895. The lowest BCUT2D eigenvalue weighted by atomic mass is 9.94. The van der Waals surface area contributed by atoms with E-state index in [4.69, 9.17) is 9.47 Å². The number of nitrogens with one attached hydrogen (secondary N) is 2. The Hall–Kier alpha value is -2.21. The number of methoxy groups -OCH3 is 2. The number of anilines is 1. The molecule has 2 aliphatic rings. The first-order valence-corrected chi connectivity index (χ1v) is 8.96. The van der Waals surface area contributed by atoms with Gasteiger partial charge in [-0.1, -0.05) is 0 Å². The SMILES string of the molecule is COc1ccc(OC)c([C@@H]2NC(=O)c3c(sc4c3CCCC4)N2)c1. The molecule has 2 aromatic rings. The van der Waals surface area contributed by atoms with Gasteiger partial charge in [-0.3, -0.25) is 4.79 Å². The van der Waals surface area contributed by atoms with Gasteiger partial charge in [-0.15, -0.1) is 11.3 Å². The number of carbonyl (C=O) groups excluding carboxylic acids is 1. The molecule has 126 valence electrons. The predicted molar refractivity (Wildman–Crippen MR) is 94.3 cm³/mol. The Labute approximate surface area is 145 Å². The second-order valence-electron chi connectivity index (χ2n) is 6.07. The van der Waals surface area contributed by atoms with E-state index >= 15 is 0 Å². The molecule has 0 unspecified atom stereocenters. The van der Waals surface area contributed by atoms with E-state index in [2.05, 4.69) is 10.6 Å². The molecule has 0 bridgehead atoms. The van der Waals surface area contributed by atoms with Crippen LogP contribution in [-0.4, -0.2) is 20.1 Å². The summed E-state index contributed by atoms with van der Waals surface area (Å²) < 4.78 is 10.8. The van der Waals surface area contributed by atoms with E-state index in [1.807, 2.05) is 18.2 Å². The van der Waals surface area contributed by atoms with Gasteiger partial charge in [0.1, 0.15) is 22.7 Å². The highest BCUT2D eigenvalue weighted by Crippen LogP contribution is 2.42. The number of thiophene rings is 1. The van der Waals surface area contributed by atoms with Gasteiger partial charge in [0.25, 0.3) is 5.91 Å². The van der Waals surface area contributed by atoms with E-state index in [-0.39, 0.29) is 12.1 Å². The van der Waals surface area contributed by atoms with E-state index in [0.717, 1.165) is 46.9 Å². The Morgan fingerprint density at radius 2 is 1.96 bits per heavy atom. The Bertz CT molecular complexity index is 800. The number of aryl methyl sites for hydroxylation is 1. The van der Waals surface area contributed by atoms with Gasteiger partial charge in [0.15, 0.2) is 0 Å². The molecule has 4 rings (SSSR count). The van der Waals surface area contributed by atoms with Crippen molar-refractivity contribution < 1.29 is 14.3 Å². The van der Waals surface area contributed by atoms with Crippen LogP contribution in [0.3, 0.4) is 0 Å². The van der Waals surface area contributed by atoms with Crippen molar-refractivity contribution in [2.75, 3.05) is 19.5 Å². The third-order valence-electron chi connectivity index (χ3n) is 4.70. The van der Waals surface area contributed by atoms with Gasteiger partial charge in [0.05, 0.1) is 19.8 Å². The Morgan fingerprint density at radius 3 is 2.75 bits per heavy atom. The highest BCUT2D eigenvalue weighted by Gasteiger charge is 2.33. The molecule has 0 saturated heterocycles. The van der Waals surface area contributed by atoms with Crippen LogP contribution in [0.1, 0.15) is 45.4 Å². The first-order chi connectivity index (χ1) is 11.7. The fourth-order valence-electron chi connectivity index (χ4n) is 3.50. The molecule has 5 nitrogen and oxygen atoms in total. The maximum Gasteiger partial charge on any atom is 0.256 e. The first kappa shape index (κ1) is 15.3. The number of hydrogen-bond acceptors (Lipinski definition) is 5. The average molecular weight is 344 g/mol. The largest absolute Gasteiger partial charge is 0.497 e. The van der Waals surface area contributed by atoms with E-state index in [1.165, 1.54) is 16.9 Å². The average Bonchev–Trinajstić information content (AvgIpc) is 3.00. The van der Waals surface area contributed by atoms with Crippen molar-refractivity contribution in [1.29, 1.82) is 0 Å². The zero-order valence-electron chi connectivity index (χ0n) is 13.8. The topological polar surface area (TPSA) is 59.6 Å². The normalized spacial score (nSPS) is 18.9. The standard InChI is InChI=1S/C18H20N2O3S/c1-22-10-7-8-13(23-2)12(9-10)16-19-17(21)15-11-5-3-4-6-14(11)24-18(15)20-16/h7-9,16,20H,3-6H2,1-2H3,(H,19,21)/t16-/m1/s1. The molecule has 0 fully saturated rings. The minimum Gasteiger partial charge on any atom is -0.497 e. The molecule has 1 aliphatic carbocycles. The van der Waals surface area contributed by atoms with Crippen LogP contribution in [0, 0.1) is 0 Å². The molecule has 0 spiro atoms. The lowest BCUT2D eigenvalue weighted by Crippen LogP contribution is -2.38. The molecule has 0 radical (unpaired) electrons. The molecule has 1 atom stereocenters. The lowest BCUT2D eigenvalue weighted by Gasteiger charge is -2.28. The van der Waals surface area contributed by atoms with Crippen molar-refractivity contribution in [3.05, 3.63) is 39.8 Å². The lowest BCUT2D eigenvalue weighted by molar-refractivity contribution is 0.0935. The van der Waals surface area contributed by atoms with Crippen molar-refractivity contribution >= 4 is 22.2 Å². The molecular weight excluding hydrogens is 324 g/mol. The maximum absolute atomic E-state index is 12.7. The minimum atomic E-state index is -0.324. The third kappa shape index (κ3) is 2.41. The van der Waals surface area contributed by atoms with Crippen molar-refractivity contribution in [3.63, 3.8) is 0 Å². The van der Waals surface area contributed by atoms with Gasteiger partial charge in [0.2, 0.25) is 0 Å². The van der Waals surface area contributed by atoms with Gasteiger partial charge >= 0.3 is 0 Å². The first-order valence-electron chi connectivity index (χ1n) is 8.15. The van der Waals surface area contributed by atoms with E-state index in [0.29, 0.717) is 0 Å². The summed E-state index contributed by atoms with van der Waals surface area (Å²) in [4.78, 5) is 14.1. The van der Waals surface area contributed by atoms with Crippen LogP contribution >= 0.6 is 11.3 Å². The molecule has 6 heteroatoms. The minimum absolute atomic E-state index is 0.00183. The number of amides is 1. The van der Waals surface area contributed by atoms with Gasteiger partial charge in [0, 0.05) is 10.4 Å². The highest BCUT2D eigenvalue weighted by molar-refractivity contribution is 7.16. The van der Waals surface area contributed by atoms with Crippen LogP contribution in [0.5, 0.6) is 11.5 Å². The number of hydrogen-bond donors (Lipinski definition) is 2. The van der Waals surface area contributed by atoms with Crippen molar-refractivity contribution in [2.45, 2.75) is 31.8 Å². The fourth-order valence-corrected chi connectivity index (χ4v) is 4.81. The zero-order chi connectivity index (χ0) is 16.7. The van der Waals surface area contributed by atoms with Crippen LogP contribution in [0.25, 0.3) is 0 Å². The molecule has 2 heterocycles. The molecule has 1 aromatic carbocycles. The Kier molecular flexibility index (Phi) is 3.84. The summed E-state index contributed by atoms with van der Waals surface area (Å²) >= 11 is 1.72. The number of carbonyl (C=O) groups is 1. The molecular formula is C18H20N2O3S. The summed E-state index contributed by atoms with van der Waals surface area (Å²) in [7, 11) is 3.26. The summed E-state index contributed by atoms with van der Waals surface area (Å²) in [6, 6.07) is 5.61. The summed E-state index contributed by atoms with van der Waals surface area (Å²) in [5.41, 5.74) is 2.94. The molecule has 1 amide bonds. The number of ether oxygens (including phenoxy) is 2. The second kappa shape index (κ2) is 6.02. The number of rotatable bonds is 3. The summed E-state index contributed by atoms with van der Waals surface area (Å²) in [5, 5.41) is 7.52. The fraction of sp³-hybridized carbons (Fsp3) is 0.389. The Morgan fingerprint density at radius 1 is 1.12 bits per heavy atom. The van der Waals surface area contributed by atoms with E-state index in [9.17, 15) is 4.79 Å². The van der Waals surface area contributed by atoms with Crippen LogP contribution in [0.4, 0.5) is 5.00 Å². The van der Waals surface area contributed by atoms with Crippen LogP contribution in [0.15, 0.2) is 18.2 Å². The molecule has 1 aromatic heterocycles. The van der Waals surface area contributed by atoms with Gasteiger partial charge in [-0.05, 0) is 49.4 Å². The zero-order valence-corrected chi connectivity index (χ0v) is 14.6. The molecule has 2 N–H and O–H groups in total. The highest BCUT2D eigenvalue weighted by atomic mass is 32.1. The summed E-state index contributed by atoms with van der Waals surface area (Å²) in [5.74, 6) is 1.45. The smallest absolute Gasteiger partial charge is 0.256 e. The number of benzene rings is 1. The van der Waals surface area contributed by atoms with E-state index in [1.54, 1.807) is 25.6 Å². The van der Waals surface area contributed by atoms with Crippen molar-refractivity contribution in [1.82, 2.24) is 5.32 Å². The third-order valence-corrected chi connectivity index (χ3v) is 5.92.